The summed E-state index contributed by atoms with van der Waals surface area (Å²) in [4.78, 5) is 12.7. The summed E-state index contributed by atoms with van der Waals surface area (Å²) in [5.41, 5.74) is 5.07. The van der Waals surface area contributed by atoms with E-state index >= 15 is 0 Å². The summed E-state index contributed by atoms with van der Waals surface area (Å²) >= 11 is 0. The van der Waals surface area contributed by atoms with Crippen molar-refractivity contribution in [2.45, 2.75) is 33.1 Å². The number of furan rings is 1. The van der Waals surface area contributed by atoms with Gasteiger partial charge < -0.3 is 14.5 Å². The van der Waals surface area contributed by atoms with Crippen LogP contribution in [0.2, 0.25) is 0 Å². The van der Waals surface area contributed by atoms with E-state index in [1.165, 1.54) is 17.5 Å². The van der Waals surface area contributed by atoms with E-state index in [0.717, 1.165) is 35.2 Å². The van der Waals surface area contributed by atoms with Gasteiger partial charge in [0.15, 0.2) is 5.76 Å². The van der Waals surface area contributed by atoms with Gasteiger partial charge in [0.2, 0.25) is 0 Å². The first-order chi connectivity index (χ1) is 12.2. The topological polar surface area (TPSA) is 51.5 Å². The zero-order chi connectivity index (χ0) is 17.4. The molecule has 1 N–H and O–H groups in total. The fourth-order valence-electron chi connectivity index (χ4n) is 3.51. The van der Waals surface area contributed by atoms with E-state index in [0.29, 0.717) is 18.0 Å². The van der Waals surface area contributed by atoms with Gasteiger partial charge in [0.25, 0.3) is 5.91 Å². The third kappa shape index (κ3) is 2.88. The second-order valence-electron chi connectivity index (χ2n) is 6.44. The highest BCUT2D eigenvalue weighted by Gasteiger charge is 2.19. The van der Waals surface area contributed by atoms with Gasteiger partial charge in [-0.15, -0.1) is 0 Å². The number of anilines is 1. The van der Waals surface area contributed by atoms with E-state index in [1.54, 1.807) is 0 Å². The van der Waals surface area contributed by atoms with Crippen LogP contribution < -0.4 is 10.1 Å². The minimum atomic E-state index is -0.218. The Balaban J connectivity index is 1.62. The zero-order valence-electron chi connectivity index (χ0n) is 14.5. The summed E-state index contributed by atoms with van der Waals surface area (Å²) in [7, 11) is 0. The summed E-state index contributed by atoms with van der Waals surface area (Å²) in [6.45, 7) is 4.45. The molecule has 2 aromatic carbocycles. The highest BCUT2D eigenvalue weighted by molar-refractivity contribution is 6.06. The number of hydrogen-bond donors (Lipinski definition) is 1. The normalized spacial score (nSPS) is 13.0. The van der Waals surface area contributed by atoms with Gasteiger partial charge in [-0.25, -0.2) is 0 Å². The first kappa shape index (κ1) is 15.8. The van der Waals surface area contributed by atoms with Gasteiger partial charge in [-0.3, -0.25) is 4.79 Å². The van der Waals surface area contributed by atoms with Gasteiger partial charge in [-0.05, 0) is 74.6 Å². The van der Waals surface area contributed by atoms with Gasteiger partial charge in [-0.2, -0.15) is 0 Å². The van der Waals surface area contributed by atoms with Crippen molar-refractivity contribution in [3.8, 4) is 5.75 Å². The second-order valence-corrected chi connectivity index (χ2v) is 6.44. The number of aryl methyl sites for hydroxylation is 3. The zero-order valence-corrected chi connectivity index (χ0v) is 14.5. The average molecular weight is 335 g/mol. The number of carbonyl (C=O) groups is 1. The van der Waals surface area contributed by atoms with Gasteiger partial charge in [0.1, 0.15) is 11.3 Å². The Bertz CT molecular complexity index is 955. The summed E-state index contributed by atoms with van der Waals surface area (Å²) in [5.74, 6) is 0.915. The van der Waals surface area contributed by atoms with Crippen molar-refractivity contribution < 1.29 is 13.9 Å². The van der Waals surface area contributed by atoms with E-state index in [-0.39, 0.29) is 5.91 Å². The lowest BCUT2D eigenvalue weighted by molar-refractivity contribution is 0.0998. The lowest BCUT2D eigenvalue weighted by Gasteiger charge is -2.06. The van der Waals surface area contributed by atoms with E-state index in [4.69, 9.17) is 9.15 Å². The van der Waals surface area contributed by atoms with E-state index < -0.39 is 0 Å². The third-order valence-corrected chi connectivity index (χ3v) is 4.78. The smallest absolute Gasteiger partial charge is 0.291 e. The second kappa shape index (κ2) is 6.28. The van der Waals surface area contributed by atoms with Crippen molar-refractivity contribution in [2.75, 3.05) is 11.9 Å². The molecule has 1 aliphatic rings. The Morgan fingerprint density at radius 2 is 2.00 bits per heavy atom. The van der Waals surface area contributed by atoms with E-state index in [2.05, 4.69) is 17.4 Å². The fourth-order valence-corrected chi connectivity index (χ4v) is 3.51. The minimum absolute atomic E-state index is 0.218. The summed E-state index contributed by atoms with van der Waals surface area (Å²) in [5, 5.41) is 3.87. The van der Waals surface area contributed by atoms with Crippen molar-refractivity contribution >= 4 is 22.6 Å². The summed E-state index contributed by atoms with van der Waals surface area (Å²) in [6.07, 6.45) is 3.41. The number of amides is 1. The van der Waals surface area contributed by atoms with Crippen molar-refractivity contribution in [1.29, 1.82) is 0 Å². The predicted octanol–water partition coefficient (Wildman–Crippen LogP) is 4.88. The molecule has 1 aliphatic carbocycles. The maximum Gasteiger partial charge on any atom is 0.291 e. The maximum absolute atomic E-state index is 12.7. The molecule has 0 fully saturated rings. The summed E-state index contributed by atoms with van der Waals surface area (Å²) in [6, 6.07) is 11.8. The lowest BCUT2D eigenvalue weighted by Crippen LogP contribution is -2.12. The molecular weight excluding hydrogens is 314 g/mol. The maximum atomic E-state index is 12.7. The SMILES string of the molecule is CCOc1ccc2oc(C(=O)Nc3ccc4c(c3)CCC4)c(C)c2c1. The van der Waals surface area contributed by atoms with Gasteiger partial charge in [0.05, 0.1) is 6.61 Å². The number of rotatable bonds is 4. The minimum Gasteiger partial charge on any atom is -0.494 e. The molecule has 0 aliphatic heterocycles. The number of ether oxygens (including phenoxy) is 1. The van der Waals surface area contributed by atoms with Crippen LogP contribution in [0.1, 0.15) is 40.6 Å². The molecule has 3 aromatic rings. The van der Waals surface area contributed by atoms with E-state index in [9.17, 15) is 4.79 Å². The van der Waals surface area contributed by atoms with Crippen LogP contribution in [0.3, 0.4) is 0 Å². The standard InChI is InChI=1S/C21H21NO3/c1-3-24-17-9-10-19-18(12-17)13(2)20(25-19)21(23)22-16-8-7-14-5-4-6-15(14)11-16/h7-12H,3-6H2,1-2H3,(H,22,23). The van der Waals surface area contributed by atoms with Crippen LogP contribution in [0.4, 0.5) is 5.69 Å². The third-order valence-electron chi connectivity index (χ3n) is 4.78. The first-order valence-electron chi connectivity index (χ1n) is 8.75. The Kier molecular flexibility index (Phi) is 3.96. The molecule has 1 heterocycles. The molecule has 0 unspecified atom stereocenters. The number of nitrogens with one attached hydrogen (secondary N) is 1. The average Bonchev–Trinajstić information content (AvgIpc) is 3.20. The monoisotopic (exact) mass is 335 g/mol. The van der Waals surface area contributed by atoms with Crippen LogP contribution in [0, 0.1) is 6.92 Å². The Morgan fingerprint density at radius 1 is 1.16 bits per heavy atom. The molecule has 1 amide bonds. The van der Waals surface area contributed by atoms with Gasteiger partial charge in [-0.1, -0.05) is 6.07 Å². The van der Waals surface area contributed by atoms with Crippen LogP contribution in [0.15, 0.2) is 40.8 Å². The predicted molar refractivity (Wildman–Crippen MR) is 98.5 cm³/mol. The van der Waals surface area contributed by atoms with Crippen LogP contribution in [-0.2, 0) is 12.8 Å². The van der Waals surface area contributed by atoms with Gasteiger partial charge >= 0.3 is 0 Å². The quantitative estimate of drug-likeness (QED) is 0.739. The van der Waals surface area contributed by atoms with Gasteiger partial charge in [0, 0.05) is 16.6 Å². The molecular formula is C21H21NO3. The highest BCUT2D eigenvalue weighted by atomic mass is 16.5. The molecule has 4 nitrogen and oxygen atoms in total. The number of benzene rings is 2. The van der Waals surface area contributed by atoms with Crippen molar-refractivity contribution in [3.63, 3.8) is 0 Å². The Morgan fingerprint density at radius 3 is 2.84 bits per heavy atom. The van der Waals surface area contributed by atoms with Crippen LogP contribution >= 0.6 is 0 Å². The molecule has 1 aromatic heterocycles. The van der Waals surface area contributed by atoms with E-state index in [1.807, 2.05) is 38.1 Å². The summed E-state index contributed by atoms with van der Waals surface area (Å²) < 4.78 is 11.3. The van der Waals surface area contributed by atoms with Crippen LogP contribution in [-0.4, -0.2) is 12.5 Å². The highest BCUT2D eigenvalue weighted by Crippen LogP contribution is 2.30. The lowest BCUT2D eigenvalue weighted by atomic mass is 10.1. The molecule has 0 saturated carbocycles. The molecule has 25 heavy (non-hydrogen) atoms. The number of hydrogen-bond acceptors (Lipinski definition) is 3. The first-order valence-corrected chi connectivity index (χ1v) is 8.75. The molecule has 0 bridgehead atoms. The molecule has 4 rings (SSSR count). The molecule has 4 heteroatoms. The van der Waals surface area contributed by atoms with Crippen molar-refractivity contribution in [2.24, 2.45) is 0 Å². The molecule has 128 valence electrons. The Labute approximate surface area is 146 Å². The molecule has 0 radical (unpaired) electrons. The number of carbonyl (C=O) groups excluding carboxylic acids is 1. The van der Waals surface area contributed by atoms with Crippen molar-refractivity contribution in [1.82, 2.24) is 0 Å². The number of fused-ring (bicyclic) bond motifs is 2. The fraction of sp³-hybridized carbons (Fsp3) is 0.286. The Hall–Kier alpha value is -2.75. The van der Waals surface area contributed by atoms with Crippen LogP contribution in [0.25, 0.3) is 11.0 Å². The largest absolute Gasteiger partial charge is 0.494 e. The van der Waals surface area contributed by atoms with Crippen molar-refractivity contribution in [3.05, 3.63) is 58.8 Å². The van der Waals surface area contributed by atoms with Crippen LogP contribution in [0.5, 0.6) is 5.75 Å². The molecule has 0 spiro atoms. The molecule has 0 saturated heterocycles. The molecule has 0 atom stereocenters.